The van der Waals surface area contributed by atoms with Crippen LogP contribution in [0.3, 0.4) is 0 Å². The van der Waals surface area contributed by atoms with Crippen molar-refractivity contribution in [1.29, 1.82) is 0 Å². The van der Waals surface area contributed by atoms with E-state index >= 15 is 0 Å². The standard InChI is InChI=1S/C50H51NO10/c1-3-5-7-9-11-13-15-17-18-19-20-21-22-23-24-25-26-27-29-31-33-35-37-39-47(54)51-44(42-58-50-49(56)46(60-61-57)40-43(41-52)59-50)48(55)45(53)38-36-34-32-30-28-16-14-12-10-8-6-4-2/h43-46,48-50,52-53,55-57H,4,6,8,10,12,14,16,28,30,32,34,36,38,40-42H2,1-2H3,(H,51,54)/t43?,44?,45-,46?,48+,49?,50?/m1/s1. The summed E-state index contributed by atoms with van der Waals surface area (Å²) in [7, 11) is 0. The molecule has 0 bridgehead atoms. The van der Waals surface area contributed by atoms with Crippen molar-refractivity contribution in [3.63, 3.8) is 0 Å². The van der Waals surface area contributed by atoms with Crippen molar-refractivity contribution in [2.45, 2.75) is 147 Å². The summed E-state index contributed by atoms with van der Waals surface area (Å²) in [4.78, 5) is 17.4. The number of carbonyl (C=O) groups excluding carboxylic acids is 1. The lowest BCUT2D eigenvalue weighted by Crippen LogP contribution is -2.55. The average Bonchev–Trinajstić information content (AvgIpc) is 3.26. The highest BCUT2D eigenvalue weighted by Crippen LogP contribution is 2.24. The third kappa shape index (κ3) is 28.8. The predicted molar refractivity (Wildman–Crippen MR) is 230 cm³/mol. The molecule has 7 atom stereocenters. The molecule has 1 aliphatic rings. The molecule has 11 heteroatoms. The largest absolute Gasteiger partial charge is 0.394 e. The molecule has 1 saturated heterocycles. The number of ether oxygens (including phenoxy) is 2. The molecule has 1 aliphatic heterocycles. The molecular formula is C50H51NO10. The topological polar surface area (TPSA) is 167 Å². The Labute approximate surface area is 362 Å². The Hall–Kier alpha value is -6.17. The zero-order valence-corrected chi connectivity index (χ0v) is 34.6. The van der Waals surface area contributed by atoms with Crippen LogP contribution >= 0.6 is 0 Å². The third-order valence-corrected chi connectivity index (χ3v) is 8.38. The van der Waals surface area contributed by atoms with Gasteiger partial charge in [-0.3, -0.25) is 4.79 Å². The van der Waals surface area contributed by atoms with Gasteiger partial charge in [-0.1, -0.05) is 94.9 Å². The molecule has 1 rings (SSSR count). The van der Waals surface area contributed by atoms with Gasteiger partial charge < -0.3 is 35.2 Å². The average molecular weight is 826 g/mol. The summed E-state index contributed by atoms with van der Waals surface area (Å²) in [5.74, 6) is 58.6. The van der Waals surface area contributed by atoms with Gasteiger partial charge in [-0.25, -0.2) is 5.26 Å². The van der Waals surface area contributed by atoms with E-state index in [1.807, 2.05) is 0 Å². The molecule has 0 aromatic carbocycles. The first-order valence-corrected chi connectivity index (χ1v) is 20.0. The number of aliphatic hydroxyl groups is 4. The number of hydrogen-bond donors (Lipinski definition) is 6. The molecule has 5 unspecified atom stereocenters. The smallest absolute Gasteiger partial charge is 0.297 e. The van der Waals surface area contributed by atoms with Crippen LogP contribution in [0.25, 0.3) is 0 Å². The minimum atomic E-state index is -1.48. The summed E-state index contributed by atoms with van der Waals surface area (Å²) in [6, 6.07) is -1.20. The van der Waals surface area contributed by atoms with E-state index in [0.29, 0.717) is 6.42 Å². The second-order valence-corrected chi connectivity index (χ2v) is 13.0. The van der Waals surface area contributed by atoms with Crippen molar-refractivity contribution in [3.05, 3.63) is 0 Å². The molecular weight excluding hydrogens is 775 g/mol. The molecule has 316 valence electrons. The van der Waals surface area contributed by atoms with Gasteiger partial charge >= 0.3 is 0 Å². The molecule has 1 heterocycles. The number of aliphatic hydroxyl groups excluding tert-OH is 4. The van der Waals surface area contributed by atoms with Crippen molar-refractivity contribution in [2.75, 3.05) is 13.2 Å². The number of amides is 1. The van der Waals surface area contributed by atoms with Crippen molar-refractivity contribution < 1.29 is 49.9 Å². The number of nitrogens with one attached hydrogen (secondary N) is 1. The van der Waals surface area contributed by atoms with Crippen molar-refractivity contribution in [2.24, 2.45) is 0 Å². The SMILES string of the molecule is CC#CC#CC#CC#CC#CC#CC#CC#CC#CC#CC#CC#CC(=O)NC(COC1OC(CO)CC(OOO)C1O)[C@H](O)[C@H](O)CCCCCCCCCCCCCC. The maximum Gasteiger partial charge on any atom is 0.297 e. The number of carbonyl (C=O) groups is 1. The van der Waals surface area contributed by atoms with E-state index in [2.05, 4.69) is 164 Å². The molecule has 0 saturated carbocycles. The van der Waals surface area contributed by atoms with Gasteiger partial charge in [0.2, 0.25) is 0 Å². The summed E-state index contributed by atoms with van der Waals surface area (Å²) in [5, 5.41) is 57.1. The van der Waals surface area contributed by atoms with E-state index in [9.17, 15) is 25.2 Å². The first-order chi connectivity index (χ1) is 29.9. The van der Waals surface area contributed by atoms with E-state index in [-0.39, 0.29) is 12.8 Å². The van der Waals surface area contributed by atoms with Gasteiger partial charge in [0, 0.05) is 47.9 Å². The Morgan fingerprint density at radius 3 is 1.52 bits per heavy atom. The van der Waals surface area contributed by atoms with Crippen molar-refractivity contribution in [1.82, 2.24) is 5.32 Å². The van der Waals surface area contributed by atoms with Gasteiger partial charge in [0.15, 0.2) is 6.29 Å². The fourth-order valence-corrected chi connectivity index (χ4v) is 5.34. The van der Waals surface area contributed by atoms with Gasteiger partial charge in [0.25, 0.3) is 5.91 Å². The van der Waals surface area contributed by atoms with Crippen LogP contribution in [-0.2, 0) is 24.2 Å². The van der Waals surface area contributed by atoms with E-state index in [1.54, 1.807) is 6.92 Å². The minimum Gasteiger partial charge on any atom is -0.394 e. The molecule has 1 fully saturated rings. The summed E-state index contributed by atoms with van der Waals surface area (Å²) in [5.41, 5.74) is 0. The summed E-state index contributed by atoms with van der Waals surface area (Å²) >= 11 is 0. The van der Waals surface area contributed by atoms with Crippen LogP contribution in [0.15, 0.2) is 0 Å². The van der Waals surface area contributed by atoms with Gasteiger partial charge in [0.1, 0.15) is 18.3 Å². The maximum atomic E-state index is 12.7. The Morgan fingerprint density at radius 2 is 1.10 bits per heavy atom. The van der Waals surface area contributed by atoms with Crippen LogP contribution < -0.4 is 5.32 Å². The van der Waals surface area contributed by atoms with Crippen LogP contribution in [0, 0.1) is 142 Å². The summed E-state index contributed by atoms with van der Waals surface area (Å²) in [6.07, 6.45) is 6.45. The monoisotopic (exact) mass is 825 g/mol. The summed E-state index contributed by atoms with van der Waals surface area (Å²) < 4.78 is 11.2. The van der Waals surface area contributed by atoms with Crippen molar-refractivity contribution in [3.8, 4) is 142 Å². The lowest BCUT2D eigenvalue weighted by atomic mass is 9.99. The van der Waals surface area contributed by atoms with E-state index in [0.717, 1.165) is 19.3 Å². The first kappa shape index (κ1) is 52.8. The Morgan fingerprint density at radius 1 is 0.672 bits per heavy atom. The second-order valence-electron chi connectivity index (χ2n) is 13.0. The maximum absolute atomic E-state index is 12.7. The number of hydrogen-bond acceptors (Lipinski definition) is 10. The minimum absolute atomic E-state index is 0.0215. The van der Waals surface area contributed by atoms with E-state index < -0.39 is 62.0 Å². The molecule has 1 amide bonds. The quantitative estimate of drug-likeness (QED) is 0.0414. The first-order valence-electron chi connectivity index (χ1n) is 20.0. The van der Waals surface area contributed by atoms with Crippen LogP contribution in [0.5, 0.6) is 0 Å². The predicted octanol–water partition coefficient (Wildman–Crippen LogP) is 2.62. The van der Waals surface area contributed by atoms with Gasteiger partial charge in [-0.05, 0) is 108 Å². The van der Waals surface area contributed by atoms with E-state index in [1.165, 1.54) is 51.4 Å². The highest BCUT2D eigenvalue weighted by atomic mass is 17.5. The number of unbranched alkanes of at least 4 members (excludes halogenated alkanes) is 11. The van der Waals surface area contributed by atoms with Crippen LogP contribution in [0.1, 0.15) is 104 Å². The third-order valence-electron chi connectivity index (χ3n) is 8.38. The lowest BCUT2D eigenvalue weighted by molar-refractivity contribution is -0.519. The summed E-state index contributed by atoms with van der Waals surface area (Å²) in [6.45, 7) is 3.00. The highest BCUT2D eigenvalue weighted by molar-refractivity contribution is 5.94. The fraction of sp³-hybridized carbons (Fsp3) is 0.500. The molecule has 61 heavy (non-hydrogen) atoms. The lowest BCUT2D eigenvalue weighted by Gasteiger charge is -2.38. The molecule has 0 aromatic heterocycles. The van der Waals surface area contributed by atoms with Gasteiger partial charge in [-0.15, -0.1) is 0 Å². The van der Waals surface area contributed by atoms with Crippen molar-refractivity contribution >= 4 is 5.91 Å². The van der Waals surface area contributed by atoms with Gasteiger partial charge in [0.05, 0.1) is 31.5 Å². The van der Waals surface area contributed by atoms with Gasteiger partial charge in [-0.2, -0.15) is 4.89 Å². The van der Waals surface area contributed by atoms with Crippen LogP contribution in [-0.4, -0.2) is 87.7 Å². The zero-order valence-electron chi connectivity index (χ0n) is 34.6. The zero-order chi connectivity index (χ0) is 44.4. The molecule has 6 N–H and O–H groups in total. The molecule has 0 radical (unpaired) electrons. The fourth-order valence-electron chi connectivity index (χ4n) is 5.34. The molecule has 0 spiro atoms. The second kappa shape index (κ2) is 38.1. The number of rotatable bonds is 22. The Bertz CT molecular complexity index is 2140. The Kier molecular flexibility index (Phi) is 33.0. The molecule has 11 nitrogen and oxygen atoms in total. The molecule has 0 aromatic rings. The van der Waals surface area contributed by atoms with Crippen LogP contribution in [0.4, 0.5) is 0 Å². The normalized spacial score (nSPS) is 16.4. The highest BCUT2D eigenvalue weighted by Gasteiger charge is 2.41. The Balaban J connectivity index is 2.76. The van der Waals surface area contributed by atoms with E-state index in [4.69, 9.17) is 14.7 Å². The van der Waals surface area contributed by atoms with Crippen LogP contribution in [0.2, 0.25) is 0 Å². The molecule has 0 aliphatic carbocycles.